The minimum absolute atomic E-state index is 0.152. The molecule has 2 unspecified atom stereocenters. The Labute approximate surface area is 256 Å². The molecule has 0 spiro atoms. The maximum atomic E-state index is 14.2. The Morgan fingerprint density at radius 3 is 2.73 bits per heavy atom. The van der Waals surface area contributed by atoms with Gasteiger partial charge in [-0.15, -0.1) is 0 Å². The fraction of sp³-hybridized carbons (Fsp3) is 0.640. The van der Waals surface area contributed by atoms with Crippen LogP contribution in [-0.2, 0) is 27.8 Å². The highest BCUT2D eigenvalue weighted by Crippen LogP contribution is 2.49. The molecular formula is C25H38N9O10P. The first-order valence-corrected chi connectivity index (χ1v) is 15.8. The number of nitrogens with zero attached hydrogens (tertiary/aromatic N) is 6. The van der Waals surface area contributed by atoms with Gasteiger partial charge in [-0.1, -0.05) is 0 Å². The number of aromatic amines is 1. The molecule has 0 radical (unpaired) electrons. The number of nitrogens with one attached hydrogen (secondary N) is 2. The summed E-state index contributed by atoms with van der Waals surface area (Å²) in [7, 11) is 1.01. The van der Waals surface area contributed by atoms with Crippen molar-refractivity contribution in [2.45, 2.75) is 55.8 Å². The smallest absolute Gasteiger partial charge is 0.394 e. The van der Waals surface area contributed by atoms with Gasteiger partial charge in [-0.25, -0.2) is 29.4 Å². The Balaban J connectivity index is 1.32. The number of nitrogen functional groups attached to an aromatic ring is 1. The van der Waals surface area contributed by atoms with Gasteiger partial charge in [-0.05, 0) is 27.1 Å². The molecule has 3 aromatic heterocycles. The zero-order valence-electron chi connectivity index (χ0n) is 25.0. The Morgan fingerprint density at radius 2 is 2.02 bits per heavy atom. The van der Waals surface area contributed by atoms with Gasteiger partial charge in [-0.3, -0.25) is 28.0 Å². The number of methoxy groups -OCH3 is 1. The number of anilines is 1. The topological polar surface area (TPSA) is 243 Å². The molecule has 6 N–H and O–H groups in total. The summed E-state index contributed by atoms with van der Waals surface area (Å²) in [5.41, 5.74) is 5.36. The number of imidazole rings is 1. The molecule has 19 nitrogen and oxygen atoms in total. The predicted octanol–water partition coefficient (Wildman–Crippen LogP) is -1.44. The van der Waals surface area contributed by atoms with Crippen molar-refractivity contribution >= 4 is 24.7 Å². The highest BCUT2D eigenvalue weighted by atomic mass is 31.2. The largest absolute Gasteiger partial charge is 0.405 e. The van der Waals surface area contributed by atoms with Crippen LogP contribution in [0.15, 0.2) is 34.5 Å². The van der Waals surface area contributed by atoms with E-state index in [2.05, 4.69) is 25.0 Å². The van der Waals surface area contributed by atoms with Crippen molar-refractivity contribution in [1.29, 1.82) is 0 Å². The Morgan fingerprint density at radius 1 is 1.22 bits per heavy atom. The van der Waals surface area contributed by atoms with E-state index < -0.39 is 75.2 Å². The van der Waals surface area contributed by atoms with Crippen LogP contribution in [0.1, 0.15) is 25.3 Å². The van der Waals surface area contributed by atoms with Gasteiger partial charge in [-0.2, -0.15) is 0 Å². The summed E-state index contributed by atoms with van der Waals surface area (Å²) >= 11 is 0. The summed E-state index contributed by atoms with van der Waals surface area (Å²) in [4.78, 5) is 40.5. The number of H-pyrrole nitrogens is 1. The van der Waals surface area contributed by atoms with Gasteiger partial charge in [0.1, 0.15) is 48.6 Å². The van der Waals surface area contributed by atoms with E-state index in [9.17, 15) is 24.4 Å². The number of nitrogens with two attached hydrogens (primary N) is 1. The molecular weight excluding hydrogens is 617 g/mol. The van der Waals surface area contributed by atoms with Crippen LogP contribution in [0.4, 0.5) is 5.82 Å². The van der Waals surface area contributed by atoms with Crippen molar-refractivity contribution in [1.82, 2.24) is 39.1 Å². The summed E-state index contributed by atoms with van der Waals surface area (Å²) in [5.74, 6) is 0.197. The summed E-state index contributed by atoms with van der Waals surface area (Å²) in [6.45, 7) is 0.0791. The monoisotopic (exact) mass is 655 g/mol. The Hall–Kier alpha value is -3.10. The molecule has 248 valence electrons. The van der Waals surface area contributed by atoms with Gasteiger partial charge in [0.05, 0.1) is 19.5 Å². The second-order valence-corrected chi connectivity index (χ2v) is 12.7. The fourth-order valence-corrected chi connectivity index (χ4v) is 6.84. The maximum Gasteiger partial charge on any atom is 0.405 e. The van der Waals surface area contributed by atoms with E-state index in [0.717, 1.165) is 10.6 Å². The number of aliphatic hydroxyl groups excluding tert-OH is 2. The van der Waals surface area contributed by atoms with Crippen molar-refractivity contribution in [3.63, 3.8) is 0 Å². The number of aliphatic hydroxyl groups is 2. The van der Waals surface area contributed by atoms with Crippen LogP contribution < -0.4 is 22.1 Å². The molecule has 3 aromatic rings. The second kappa shape index (κ2) is 14.1. The first-order chi connectivity index (χ1) is 21.5. The maximum absolute atomic E-state index is 14.2. The molecule has 0 bridgehead atoms. The van der Waals surface area contributed by atoms with E-state index in [1.807, 2.05) is 19.0 Å². The van der Waals surface area contributed by atoms with Crippen LogP contribution in [0.3, 0.4) is 0 Å². The average Bonchev–Trinajstić information content (AvgIpc) is 3.69. The van der Waals surface area contributed by atoms with Crippen LogP contribution in [0.5, 0.6) is 0 Å². The SMILES string of the molecule is COC1[C@@H](O)[C@@H](COP(=O)(NCCCN(C)C)O[C@@H]2C[C@H](n3cnc4c(N)ncnc43)O[C@@H]2CO)O[C@H]1n1ccc(=O)[nH]c1=O. The second-order valence-electron chi connectivity index (χ2n) is 10.9. The summed E-state index contributed by atoms with van der Waals surface area (Å²) < 4.78 is 46.0. The van der Waals surface area contributed by atoms with Crippen molar-refractivity contribution in [3.8, 4) is 0 Å². The molecule has 2 fully saturated rings. The van der Waals surface area contributed by atoms with E-state index in [1.165, 1.54) is 26.0 Å². The molecule has 20 heteroatoms. The quantitative estimate of drug-likeness (QED) is 0.0986. The minimum atomic E-state index is -4.13. The molecule has 2 aliphatic rings. The standard InChI is InChI=1S/C25H38N9O10P/c1-32(2)7-4-6-30-45(39,41-11-16-20(37)21(40-3)24(43-16)33-8-5-17(36)31-25(33)38)44-14-9-18(42-15(14)10-35)34-13-29-19-22(26)27-12-28-23(19)34/h5,8,12-16,18,20-21,24,35,37H,4,6-7,9-11H2,1-3H3,(H,30,39)(H2,26,27,28)(H,31,36,38)/t14-,15-,16-,18-,20+,21?,24-,45?/m1/s1. The molecule has 5 heterocycles. The number of rotatable bonds is 14. The third kappa shape index (κ3) is 7.33. The molecule has 2 aliphatic heterocycles. The lowest BCUT2D eigenvalue weighted by Gasteiger charge is -2.26. The first kappa shape index (κ1) is 33.3. The molecule has 0 saturated carbocycles. The van der Waals surface area contributed by atoms with Crippen molar-refractivity contribution in [3.05, 3.63) is 45.8 Å². The van der Waals surface area contributed by atoms with Crippen LogP contribution in [-0.4, -0.2) is 122 Å². The van der Waals surface area contributed by atoms with Gasteiger partial charge in [0, 0.05) is 32.3 Å². The lowest BCUT2D eigenvalue weighted by molar-refractivity contribution is -0.0634. The van der Waals surface area contributed by atoms with E-state index in [0.29, 0.717) is 24.1 Å². The molecule has 8 atom stereocenters. The number of ether oxygens (including phenoxy) is 3. The molecule has 0 amide bonds. The predicted molar refractivity (Wildman–Crippen MR) is 157 cm³/mol. The Bertz CT molecular complexity index is 1620. The molecule has 45 heavy (non-hydrogen) atoms. The molecule has 0 aromatic carbocycles. The van der Waals surface area contributed by atoms with E-state index in [4.69, 9.17) is 29.0 Å². The normalized spacial score (nSPS) is 28.3. The third-order valence-corrected chi connectivity index (χ3v) is 9.19. The molecule has 2 saturated heterocycles. The van der Waals surface area contributed by atoms with E-state index in [1.54, 1.807) is 4.57 Å². The highest BCUT2D eigenvalue weighted by Gasteiger charge is 2.47. The van der Waals surface area contributed by atoms with E-state index >= 15 is 0 Å². The van der Waals surface area contributed by atoms with Gasteiger partial charge in [0.25, 0.3) is 5.56 Å². The van der Waals surface area contributed by atoms with Gasteiger partial charge in [0.2, 0.25) is 0 Å². The molecule has 0 aliphatic carbocycles. The zero-order valence-corrected chi connectivity index (χ0v) is 25.9. The fourth-order valence-electron chi connectivity index (χ4n) is 5.26. The van der Waals surface area contributed by atoms with Gasteiger partial charge >= 0.3 is 13.4 Å². The number of hydrogen-bond donors (Lipinski definition) is 5. The number of fused-ring (bicyclic) bond motifs is 1. The number of aromatic nitrogens is 6. The minimum Gasteiger partial charge on any atom is -0.394 e. The first-order valence-electron chi connectivity index (χ1n) is 14.2. The van der Waals surface area contributed by atoms with Crippen molar-refractivity contribution < 1.29 is 38.0 Å². The average molecular weight is 656 g/mol. The van der Waals surface area contributed by atoms with E-state index in [-0.39, 0.29) is 18.8 Å². The van der Waals surface area contributed by atoms with Crippen LogP contribution in [0.2, 0.25) is 0 Å². The number of hydrogen-bond acceptors (Lipinski definition) is 15. The Kier molecular flexibility index (Phi) is 10.4. The summed E-state index contributed by atoms with van der Waals surface area (Å²) in [6, 6.07) is 1.14. The summed E-state index contributed by atoms with van der Waals surface area (Å²) in [6.07, 6.45) is -2.21. The lowest BCUT2D eigenvalue weighted by atomic mass is 10.1. The van der Waals surface area contributed by atoms with Crippen molar-refractivity contribution in [2.24, 2.45) is 0 Å². The zero-order chi connectivity index (χ0) is 32.3. The van der Waals surface area contributed by atoms with Gasteiger partial charge < -0.3 is 35.1 Å². The van der Waals surface area contributed by atoms with Gasteiger partial charge in [0.15, 0.2) is 17.7 Å². The highest BCUT2D eigenvalue weighted by molar-refractivity contribution is 7.51. The molecule has 5 rings (SSSR count). The lowest BCUT2D eigenvalue weighted by Crippen LogP contribution is -2.39. The van der Waals surface area contributed by atoms with Crippen LogP contribution in [0, 0.1) is 0 Å². The summed E-state index contributed by atoms with van der Waals surface area (Å²) in [5, 5.41) is 23.9. The van der Waals surface area contributed by atoms with Crippen LogP contribution in [0.25, 0.3) is 11.2 Å². The van der Waals surface area contributed by atoms with Crippen LogP contribution >= 0.6 is 7.75 Å². The van der Waals surface area contributed by atoms with Crippen molar-refractivity contribution in [2.75, 3.05) is 53.2 Å². The third-order valence-electron chi connectivity index (χ3n) is 7.54.